The number of carbonyl (C=O) groups is 3. The van der Waals surface area contributed by atoms with Gasteiger partial charge >= 0.3 is 0 Å². The van der Waals surface area contributed by atoms with E-state index in [0.717, 1.165) is 11.3 Å². The van der Waals surface area contributed by atoms with Crippen molar-refractivity contribution in [3.05, 3.63) is 65.2 Å². The van der Waals surface area contributed by atoms with E-state index in [9.17, 15) is 14.4 Å². The number of carbonyl (C=O) groups excluding carboxylic acids is 3. The minimum Gasteiger partial charge on any atom is -0.369 e. The van der Waals surface area contributed by atoms with Crippen molar-refractivity contribution in [2.75, 3.05) is 4.90 Å². The number of benzene rings is 2. The molecule has 2 amide bonds. The lowest BCUT2D eigenvalue weighted by atomic mass is 9.92. The van der Waals surface area contributed by atoms with Gasteiger partial charge in [0.2, 0.25) is 5.91 Å². The topological polar surface area (TPSA) is 80.5 Å². The number of nitrogens with zero attached hydrogens (tertiary/aromatic N) is 1. The van der Waals surface area contributed by atoms with Crippen LogP contribution >= 0.6 is 0 Å². The molecule has 0 radical (unpaired) electrons. The van der Waals surface area contributed by atoms with Crippen LogP contribution in [0.2, 0.25) is 0 Å². The molecule has 3 rings (SSSR count). The van der Waals surface area contributed by atoms with Crippen LogP contribution in [0.25, 0.3) is 0 Å². The highest BCUT2D eigenvalue weighted by molar-refractivity contribution is 6.10. The Morgan fingerprint density at radius 3 is 2.38 bits per heavy atom. The number of hydrogen-bond acceptors (Lipinski definition) is 3. The molecule has 2 aromatic carbocycles. The number of anilines is 1. The van der Waals surface area contributed by atoms with Crippen LogP contribution in [0.1, 0.15) is 40.7 Å². The first-order valence-corrected chi connectivity index (χ1v) is 7.84. The molecular formula is C19H18N2O3. The van der Waals surface area contributed by atoms with Crippen LogP contribution in [0.4, 0.5) is 5.69 Å². The Kier molecular flexibility index (Phi) is 4.16. The van der Waals surface area contributed by atoms with E-state index in [2.05, 4.69) is 0 Å². The van der Waals surface area contributed by atoms with E-state index in [1.54, 1.807) is 36.1 Å². The van der Waals surface area contributed by atoms with Gasteiger partial charge in [-0.1, -0.05) is 37.3 Å². The van der Waals surface area contributed by atoms with Gasteiger partial charge in [-0.15, -0.1) is 0 Å². The molecule has 0 aromatic heterocycles. The largest absolute Gasteiger partial charge is 0.369 e. The van der Waals surface area contributed by atoms with Crippen molar-refractivity contribution in [3.8, 4) is 0 Å². The zero-order valence-electron chi connectivity index (χ0n) is 13.4. The Morgan fingerprint density at radius 1 is 1.12 bits per heavy atom. The fraction of sp³-hybridized carbons (Fsp3) is 0.211. The molecule has 2 aromatic rings. The Bertz CT molecular complexity index is 812. The number of amides is 2. The molecule has 0 unspecified atom stereocenters. The molecule has 24 heavy (non-hydrogen) atoms. The summed E-state index contributed by atoms with van der Waals surface area (Å²) in [4.78, 5) is 37.7. The maximum atomic E-state index is 12.5. The van der Waals surface area contributed by atoms with Gasteiger partial charge < -0.3 is 10.6 Å². The Balaban J connectivity index is 1.87. The summed E-state index contributed by atoms with van der Waals surface area (Å²) in [6.07, 6.45) is 0.245. The van der Waals surface area contributed by atoms with Crippen molar-refractivity contribution >= 4 is 23.3 Å². The van der Waals surface area contributed by atoms with Crippen LogP contribution in [0.5, 0.6) is 0 Å². The number of ketones is 1. The SMILES string of the molecule is CCC(=O)[C@H](C(N)=O)c1ccc(N2Cc3ccccc3C2=O)cc1. The second-order valence-corrected chi connectivity index (χ2v) is 5.80. The van der Waals surface area contributed by atoms with Crippen molar-refractivity contribution in [3.63, 3.8) is 0 Å². The quantitative estimate of drug-likeness (QED) is 0.858. The van der Waals surface area contributed by atoms with Gasteiger partial charge in [-0.2, -0.15) is 0 Å². The van der Waals surface area contributed by atoms with Gasteiger partial charge in [0.25, 0.3) is 5.91 Å². The third-order valence-electron chi connectivity index (χ3n) is 4.31. The highest BCUT2D eigenvalue weighted by Gasteiger charge is 2.29. The van der Waals surface area contributed by atoms with E-state index >= 15 is 0 Å². The monoisotopic (exact) mass is 322 g/mol. The van der Waals surface area contributed by atoms with Gasteiger partial charge in [0, 0.05) is 17.7 Å². The minimum atomic E-state index is -0.935. The highest BCUT2D eigenvalue weighted by Crippen LogP contribution is 2.29. The lowest BCUT2D eigenvalue weighted by Gasteiger charge is -2.17. The number of nitrogens with two attached hydrogens (primary N) is 1. The van der Waals surface area contributed by atoms with Crippen LogP contribution in [-0.4, -0.2) is 17.6 Å². The predicted octanol–water partition coefficient (Wildman–Crippen LogP) is 2.40. The molecule has 2 N–H and O–H groups in total. The summed E-state index contributed by atoms with van der Waals surface area (Å²) in [5.41, 5.74) is 8.34. The van der Waals surface area contributed by atoms with Gasteiger partial charge in [0.05, 0.1) is 6.54 Å². The van der Waals surface area contributed by atoms with Crippen LogP contribution in [0.15, 0.2) is 48.5 Å². The molecule has 1 aliphatic rings. The van der Waals surface area contributed by atoms with Gasteiger partial charge in [0.15, 0.2) is 0 Å². The van der Waals surface area contributed by atoms with Crippen molar-refractivity contribution in [1.29, 1.82) is 0 Å². The van der Waals surface area contributed by atoms with E-state index in [1.165, 1.54) is 0 Å². The molecule has 5 nitrogen and oxygen atoms in total. The molecule has 0 aliphatic carbocycles. The standard InChI is InChI=1S/C19H18N2O3/c1-2-16(22)17(18(20)23)12-7-9-14(10-8-12)21-11-13-5-3-4-6-15(13)19(21)24/h3-10,17H,2,11H2,1H3,(H2,20,23)/t17-/m1/s1. The van der Waals surface area contributed by atoms with E-state index in [4.69, 9.17) is 5.73 Å². The van der Waals surface area contributed by atoms with Crippen LogP contribution in [0, 0.1) is 0 Å². The van der Waals surface area contributed by atoms with E-state index < -0.39 is 11.8 Å². The first kappa shape index (κ1) is 15.9. The molecule has 5 heteroatoms. The van der Waals surface area contributed by atoms with Gasteiger partial charge in [-0.3, -0.25) is 14.4 Å². The zero-order chi connectivity index (χ0) is 17.3. The third kappa shape index (κ3) is 2.69. The van der Waals surface area contributed by atoms with Gasteiger partial charge in [0.1, 0.15) is 11.7 Å². The Labute approximate surface area is 140 Å². The zero-order valence-corrected chi connectivity index (χ0v) is 13.4. The van der Waals surface area contributed by atoms with Gasteiger partial charge in [-0.25, -0.2) is 0 Å². The maximum Gasteiger partial charge on any atom is 0.258 e. The molecule has 1 atom stereocenters. The smallest absolute Gasteiger partial charge is 0.258 e. The van der Waals surface area contributed by atoms with Crippen LogP contribution in [0.3, 0.4) is 0 Å². The number of fused-ring (bicyclic) bond motifs is 1. The summed E-state index contributed by atoms with van der Waals surface area (Å²) in [5.74, 6) is -1.84. The fourth-order valence-electron chi connectivity index (χ4n) is 3.02. The number of primary amides is 1. The fourth-order valence-corrected chi connectivity index (χ4v) is 3.02. The van der Waals surface area contributed by atoms with Crippen LogP contribution < -0.4 is 10.6 Å². The summed E-state index contributed by atoms with van der Waals surface area (Å²) in [6, 6.07) is 14.4. The number of hydrogen-bond donors (Lipinski definition) is 1. The molecule has 0 bridgehead atoms. The molecule has 0 saturated carbocycles. The van der Waals surface area contributed by atoms with E-state index in [1.807, 2.05) is 24.3 Å². The van der Waals surface area contributed by atoms with Crippen molar-refractivity contribution in [2.45, 2.75) is 25.8 Å². The van der Waals surface area contributed by atoms with Crippen molar-refractivity contribution < 1.29 is 14.4 Å². The number of Topliss-reactive ketones (excluding diaryl/α,β-unsaturated/α-hetero) is 1. The summed E-state index contributed by atoms with van der Waals surface area (Å²) in [7, 11) is 0. The average molecular weight is 322 g/mol. The minimum absolute atomic E-state index is 0.0468. The second kappa shape index (κ2) is 6.28. The van der Waals surface area contributed by atoms with Crippen molar-refractivity contribution in [1.82, 2.24) is 0 Å². The Morgan fingerprint density at radius 2 is 1.79 bits per heavy atom. The average Bonchev–Trinajstić information content (AvgIpc) is 2.92. The normalized spacial score (nSPS) is 14.4. The van der Waals surface area contributed by atoms with Crippen LogP contribution in [-0.2, 0) is 16.1 Å². The predicted molar refractivity (Wildman–Crippen MR) is 90.6 cm³/mol. The summed E-state index contributed by atoms with van der Waals surface area (Å²) < 4.78 is 0. The van der Waals surface area contributed by atoms with E-state index in [-0.39, 0.29) is 18.1 Å². The van der Waals surface area contributed by atoms with Gasteiger partial charge in [-0.05, 0) is 29.3 Å². The summed E-state index contributed by atoms with van der Waals surface area (Å²) in [5, 5.41) is 0. The first-order chi connectivity index (χ1) is 11.5. The lowest BCUT2D eigenvalue weighted by Crippen LogP contribution is -2.28. The molecule has 0 spiro atoms. The third-order valence-corrected chi connectivity index (χ3v) is 4.31. The Hall–Kier alpha value is -2.95. The summed E-state index contributed by atoms with van der Waals surface area (Å²) >= 11 is 0. The molecular weight excluding hydrogens is 304 g/mol. The highest BCUT2D eigenvalue weighted by atomic mass is 16.2. The van der Waals surface area contributed by atoms with E-state index in [0.29, 0.717) is 17.7 Å². The molecule has 122 valence electrons. The molecule has 1 heterocycles. The lowest BCUT2D eigenvalue weighted by molar-refractivity contribution is -0.128. The molecule has 0 saturated heterocycles. The second-order valence-electron chi connectivity index (χ2n) is 5.80. The maximum absolute atomic E-state index is 12.5. The summed E-state index contributed by atoms with van der Waals surface area (Å²) in [6.45, 7) is 2.22. The first-order valence-electron chi connectivity index (χ1n) is 7.84. The van der Waals surface area contributed by atoms with Crippen molar-refractivity contribution in [2.24, 2.45) is 5.73 Å². The molecule has 0 fully saturated rings. The number of rotatable bonds is 5. The molecule has 1 aliphatic heterocycles.